The molecule has 1 aromatic carbocycles. The Morgan fingerprint density at radius 2 is 2.13 bits per heavy atom. The van der Waals surface area contributed by atoms with Gasteiger partial charge in [0.2, 0.25) is 5.91 Å². The first-order valence-corrected chi connectivity index (χ1v) is 8.16. The molecule has 1 saturated heterocycles. The molecule has 3 rings (SSSR count). The van der Waals surface area contributed by atoms with E-state index in [1.165, 1.54) is 6.42 Å². The highest BCUT2D eigenvalue weighted by atomic mass is 16.5. The van der Waals surface area contributed by atoms with Crippen LogP contribution in [0.5, 0.6) is 5.75 Å². The summed E-state index contributed by atoms with van der Waals surface area (Å²) in [6, 6.07) is 9.90. The molecule has 1 aromatic heterocycles. The molecule has 0 N–H and O–H groups in total. The van der Waals surface area contributed by atoms with Crippen LogP contribution in [0.4, 0.5) is 0 Å². The van der Waals surface area contributed by atoms with Crippen LogP contribution in [0.15, 0.2) is 42.7 Å². The minimum atomic E-state index is 0.201. The van der Waals surface area contributed by atoms with Gasteiger partial charge in [-0.15, -0.1) is 0 Å². The third-order valence-corrected chi connectivity index (χ3v) is 4.42. The molecule has 0 bridgehead atoms. The Morgan fingerprint density at radius 1 is 1.30 bits per heavy atom. The van der Waals surface area contributed by atoms with E-state index in [0.717, 1.165) is 37.2 Å². The molecule has 2 heterocycles. The van der Waals surface area contributed by atoms with Crippen molar-refractivity contribution in [2.45, 2.75) is 38.3 Å². The Hall–Kier alpha value is -2.30. The number of aromatic nitrogens is 2. The number of ether oxygens (including phenoxy) is 1. The Kier molecular flexibility index (Phi) is 4.95. The normalized spacial score (nSPS) is 18.0. The molecule has 0 aliphatic carbocycles. The molecule has 2 aromatic rings. The maximum atomic E-state index is 12.7. The lowest BCUT2D eigenvalue weighted by molar-refractivity contribution is -0.134. The zero-order valence-corrected chi connectivity index (χ0v) is 13.5. The van der Waals surface area contributed by atoms with Crippen LogP contribution >= 0.6 is 0 Å². The summed E-state index contributed by atoms with van der Waals surface area (Å²) in [6.07, 6.45) is 7.50. The van der Waals surface area contributed by atoms with Gasteiger partial charge in [-0.25, -0.2) is 0 Å². The fourth-order valence-corrected chi connectivity index (χ4v) is 3.16. The molecule has 1 amide bonds. The summed E-state index contributed by atoms with van der Waals surface area (Å²) >= 11 is 0. The van der Waals surface area contributed by atoms with E-state index in [-0.39, 0.29) is 11.9 Å². The third kappa shape index (κ3) is 3.92. The molecular weight excluding hydrogens is 290 g/mol. The number of methoxy groups -OCH3 is 1. The summed E-state index contributed by atoms with van der Waals surface area (Å²) in [4.78, 5) is 14.8. The molecule has 5 nitrogen and oxygen atoms in total. The van der Waals surface area contributed by atoms with Crippen LogP contribution in [0, 0.1) is 0 Å². The van der Waals surface area contributed by atoms with Gasteiger partial charge in [-0.2, -0.15) is 5.10 Å². The van der Waals surface area contributed by atoms with Gasteiger partial charge < -0.3 is 9.64 Å². The number of piperidine rings is 1. The molecule has 1 fully saturated rings. The van der Waals surface area contributed by atoms with Crippen LogP contribution in [0.2, 0.25) is 0 Å². The molecule has 1 aliphatic heterocycles. The quantitative estimate of drug-likeness (QED) is 0.852. The summed E-state index contributed by atoms with van der Waals surface area (Å²) in [5, 5.41) is 4.27. The van der Waals surface area contributed by atoms with Crippen molar-refractivity contribution in [3.63, 3.8) is 0 Å². The predicted octanol–water partition coefficient (Wildman–Crippen LogP) is 2.52. The van der Waals surface area contributed by atoms with E-state index in [1.54, 1.807) is 13.3 Å². The number of hydrogen-bond donors (Lipinski definition) is 0. The van der Waals surface area contributed by atoms with Gasteiger partial charge in [0.25, 0.3) is 0 Å². The average Bonchev–Trinajstić information content (AvgIpc) is 3.09. The smallest absolute Gasteiger partial charge is 0.227 e. The van der Waals surface area contributed by atoms with Crippen LogP contribution in [0.25, 0.3) is 0 Å². The van der Waals surface area contributed by atoms with Crippen molar-refractivity contribution in [1.82, 2.24) is 14.7 Å². The first kappa shape index (κ1) is 15.6. The van der Waals surface area contributed by atoms with Crippen molar-refractivity contribution in [3.8, 4) is 5.75 Å². The SMILES string of the molecule is COc1ccc(CC(=O)N2CCCCC2Cn2cccn2)cc1. The zero-order chi connectivity index (χ0) is 16.1. The molecule has 5 heteroatoms. The van der Waals surface area contributed by atoms with Crippen LogP contribution < -0.4 is 4.74 Å². The van der Waals surface area contributed by atoms with Crippen molar-refractivity contribution < 1.29 is 9.53 Å². The molecule has 0 radical (unpaired) electrons. The number of rotatable bonds is 5. The maximum absolute atomic E-state index is 12.7. The summed E-state index contributed by atoms with van der Waals surface area (Å²) in [5.41, 5.74) is 1.03. The van der Waals surface area contributed by atoms with E-state index in [1.807, 2.05) is 46.1 Å². The van der Waals surface area contributed by atoms with Gasteiger partial charge in [0.15, 0.2) is 0 Å². The molecule has 23 heavy (non-hydrogen) atoms. The lowest BCUT2D eigenvalue weighted by atomic mass is 10.0. The average molecular weight is 313 g/mol. The number of carbonyl (C=O) groups is 1. The summed E-state index contributed by atoms with van der Waals surface area (Å²) in [5.74, 6) is 1.02. The van der Waals surface area contributed by atoms with E-state index >= 15 is 0 Å². The van der Waals surface area contributed by atoms with Crippen molar-refractivity contribution in [1.29, 1.82) is 0 Å². The minimum absolute atomic E-state index is 0.201. The van der Waals surface area contributed by atoms with Gasteiger partial charge in [0.1, 0.15) is 5.75 Å². The van der Waals surface area contributed by atoms with E-state index in [2.05, 4.69) is 5.10 Å². The highest BCUT2D eigenvalue weighted by Crippen LogP contribution is 2.20. The molecule has 0 saturated carbocycles. The van der Waals surface area contributed by atoms with Crippen LogP contribution in [-0.2, 0) is 17.8 Å². The summed E-state index contributed by atoms with van der Waals surface area (Å²) in [7, 11) is 1.65. The molecule has 1 atom stereocenters. The Bertz CT molecular complexity index is 622. The first-order chi connectivity index (χ1) is 11.3. The van der Waals surface area contributed by atoms with Gasteiger partial charge >= 0.3 is 0 Å². The Balaban J connectivity index is 1.65. The van der Waals surface area contributed by atoms with Crippen LogP contribution in [-0.4, -0.2) is 40.3 Å². The number of amides is 1. The Morgan fingerprint density at radius 3 is 2.83 bits per heavy atom. The van der Waals surface area contributed by atoms with Crippen molar-refractivity contribution in [2.75, 3.05) is 13.7 Å². The van der Waals surface area contributed by atoms with Gasteiger partial charge in [-0.05, 0) is 43.0 Å². The molecule has 0 spiro atoms. The second kappa shape index (κ2) is 7.31. The van der Waals surface area contributed by atoms with Crippen molar-refractivity contribution in [3.05, 3.63) is 48.3 Å². The standard InChI is InChI=1S/C18H23N3O2/c1-23-17-8-6-15(7-9-17)13-18(22)21-12-3-2-5-16(21)14-20-11-4-10-19-20/h4,6-11,16H,2-3,5,12-14H2,1H3. The fourth-order valence-electron chi connectivity index (χ4n) is 3.16. The molecule has 1 aliphatic rings. The van der Waals surface area contributed by atoms with Gasteiger partial charge in [-0.3, -0.25) is 9.48 Å². The highest BCUT2D eigenvalue weighted by molar-refractivity contribution is 5.79. The van der Waals surface area contributed by atoms with Crippen molar-refractivity contribution in [2.24, 2.45) is 0 Å². The highest BCUT2D eigenvalue weighted by Gasteiger charge is 2.27. The second-order valence-electron chi connectivity index (χ2n) is 5.99. The van der Waals surface area contributed by atoms with Gasteiger partial charge in [0.05, 0.1) is 26.1 Å². The van der Waals surface area contributed by atoms with Crippen LogP contribution in [0.3, 0.4) is 0 Å². The summed E-state index contributed by atoms with van der Waals surface area (Å²) in [6.45, 7) is 1.63. The lowest BCUT2D eigenvalue weighted by Crippen LogP contribution is -2.46. The van der Waals surface area contributed by atoms with E-state index in [4.69, 9.17) is 4.74 Å². The number of hydrogen-bond acceptors (Lipinski definition) is 3. The number of benzene rings is 1. The van der Waals surface area contributed by atoms with Gasteiger partial charge in [-0.1, -0.05) is 12.1 Å². The number of carbonyl (C=O) groups excluding carboxylic acids is 1. The fraction of sp³-hybridized carbons (Fsp3) is 0.444. The van der Waals surface area contributed by atoms with Gasteiger partial charge in [0, 0.05) is 18.9 Å². The predicted molar refractivity (Wildman–Crippen MR) is 88.3 cm³/mol. The first-order valence-electron chi connectivity index (χ1n) is 8.16. The number of likely N-dealkylation sites (tertiary alicyclic amines) is 1. The topological polar surface area (TPSA) is 47.4 Å². The maximum Gasteiger partial charge on any atom is 0.227 e. The molecular formula is C18H23N3O2. The monoisotopic (exact) mass is 313 g/mol. The zero-order valence-electron chi connectivity index (χ0n) is 13.5. The second-order valence-corrected chi connectivity index (χ2v) is 5.99. The molecule has 122 valence electrons. The third-order valence-electron chi connectivity index (χ3n) is 4.42. The van der Waals surface area contributed by atoms with E-state index in [0.29, 0.717) is 6.42 Å². The Labute approximate surface area is 136 Å². The van der Waals surface area contributed by atoms with Crippen molar-refractivity contribution >= 4 is 5.91 Å². The number of nitrogens with zero attached hydrogens (tertiary/aromatic N) is 3. The van der Waals surface area contributed by atoms with E-state index < -0.39 is 0 Å². The lowest BCUT2D eigenvalue weighted by Gasteiger charge is -2.36. The van der Waals surface area contributed by atoms with Crippen LogP contribution in [0.1, 0.15) is 24.8 Å². The molecule has 1 unspecified atom stereocenters. The van der Waals surface area contributed by atoms with E-state index in [9.17, 15) is 4.79 Å². The largest absolute Gasteiger partial charge is 0.497 e. The summed E-state index contributed by atoms with van der Waals surface area (Å²) < 4.78 is 7.08. The minimum Gasteiger partial charge on any atom is -0.497 e.